The van der Waals surface area contributed by atoms with Crippen molar-refractivity contribution < 1.29 is 4.79 Å². The number of thioether (sulfide) groups is 1. The van der Waals surface area contributed by atoms with Crippen LogP contribution >= 0.6 is 11.8 Å². The Labute approximate surface area is 128 Å². The molecule has 0 radical (unpaired) electrons. The van der Waals surface area contributed by atoms with Crippen LogP contribution in [0.1, 0.15) is 16.8 Å². The van der Waals surface area contributed by atoms with Crippen molar-refractivity contribution in [1.29, 1.82) is 0 Å². The highest BCUT2D eigenvalue weighted by atomic mass is 32.2. The van der Waals surface area contributed by atoms with Crippen LogP contribution in [0.25, 0.3) is 0 Å². The van der Waals surface area contributed by atoms with Gasteiger partial charge in [-0.25, -0.2) is 9.97 Å². The Hall–Kier alpha value is -2.08. The summed E-state index contributed by atoms with van der Waals surface area (Å²) in [4.78, 5) is 20.3. The van der Waals surface area contributed by atoms with Crippen molar-refractivity contribution in [3.8, 4) is 0 Å². The molecular weight excluding hydrogens is 284 g/mol. The number of aromatic nitrogens is 2. The SMILES string of the molecule is Cc1cc(C)cc(NC(=O)CSc2nc(C)cc(N)n2)c1. The predicted molar refractivity (Wildman–Crippen MR) is 86.5 cm³/mol. The molecule has 0 bridgehead atoms. The van der Waals surface area contributed by atoms with E-state index in [2.05, 4.69) is 21.4 Å². The fraction of sp³-hybridized carbons (Fsp3) is 0.267. The first kappa shape index (κ1) is 15.3. The van der Waals surface area contributed by atoms with Crippen molar-refractivity contribution in [2.75, 3.05) is 16.8 Å². The molecule has 21 heavy (non-hydrogen) atoms. The zero-order chi connectivity index (χ0) is 15.4. The van der Waals surface area contributed by atoms with E-state index in [0.29, 0.717) is 11.0 Å². The Morgan fingerprint density at radius 2 is 1.81 bits per heavy atom. The van der Waals surface area contributed by atoms with Gasteiger partial charge in [-0.2, -0.15) is 0 Å². The number of nitrogens with two attached hydrogens (primary N) is 1. The average molecular weight is 302 g/mol. The molecule has 3 N–H and O–H groups in total. The van der Waals surface area contributed by atoms with E-state index in [-0.39, 0.29) is 11.7 Å². The van der Waals surface area contributed by atoms with Gasteiger partial charge in [-0.15, -0.1) is 0 Å². The number of anilines is 2. The minimum Gasteiger partial charge on any atom is -0.384 e. The highest BCUT2D eigenvalue weighted by molar-refractivity contribution is 7.99. The van der Waals surface area contributed by atoms with Crippen LogP contribution in [-0.2, 0) is 4.79 Å². The van der Waals surface area contributed by atoms with Crippen molar-refractivity contribution >= 4 is 29.2 Å². The highest BCUT2D eigenvalue weighted by Crippen LogP contribution is 2.17. The van der Waals surface area contributed by atoms with Gasteiger partial charge in [0, 0.05) is 17.4 Å². The summed E-state index contributed by atoms with van der Waals surface area (Å²) >= 11 is 1.27. The molecule has 1 amide bonds. The Morgan fingerprint density at radius 1 is 1.14 bits per heavy atom. The largest absolute Gasteiger partial charge is 0.384 e. The van der Waals surface area contributed by atoms with Gasteiger partial charge >= 0.3 is 0 Å². The standard InChI is InChI=1S/C15H18N4OS/c1-9-4-10(2)6-12(5-9)18-14(20)8-21-15-17-11(3)7-13(16)19-15/h4-7H,8H2,1-3H3,(H,18,20)(H2,16,17,19). The molecule has 1 aromatic carbocycles. The van der Waals surface area contributed by atoms with Crippen LogP contribution in [0.3, 0.4) is 0 Å². The van der Waals surface area contributed by atoms with Crippen LogP contribution in [0, 0.1) is 20.8 Å². The number of nitrogen functional groups attached to an aromatic ring is 1. The van der Waals surface area contributed by atoms with E-state index in [1.165, 1.54) is 11.8 Å². The van der Waals surface area contributed by atoms with Crippen LogP contribution in [0.4, 0.5) is 11.5 Å². The molecule has 0 fully saturated rings. The maximum Gasteiger partial charge on any atom is 0.234 e. The maximum absolute atomic E-state index is 12.0. The summed E-state index contributed by atoms with van der Waals surface area (Å²) in [6.45, 7) is 5.85. The van der Waals surface area contributed by atoms with Crippen LogP contribution in [0.2, 0.25) is 0 Å². The monoisotopic (exact) mass is 302 g/mol. The van der Waals surface area contributed by atoms with E-state index in [1.807, 2.05) is 32.9 Å². The van der Waals surface area contributed by atoms with Crippen molar-refractivity contribution in [1.82, 2.24) is 9.97 Å². The number of hydrogen-bond acceptors (Lipinski definition) is 5. The van der Waals surface area contributed by atoms with E-state index in [4.69, 9.17) is 5.73 Å². The van der Waals surface area contributed by atoms with E-state index in [0.717, 1.165) is 22.5 Å². The summed E-state index contributed by atoms with van der Waals surface area (Å²) in [5, 5.41) is 3.39. The third-order valence-electron chi connectivity index (χ3n) is 2.69. The zero-order valence-corrected chi connectivity index (χ0v) is 13.1. The van der Waals surface area contributed by atoms with Crippen molar-refractivity contribution in [3.05, 3.63) is 41.1 Å². The summed E-state index contributed by atoms with van der Waals surface area (Å²) in [6.07, 6.45) is 0. The van der Waals surface area contributed by atoms with Gasteiger partial charge < -0.3 is 11.1 Å². The first-order valence-electron chi connectivity index (χ1n) is 6.54. The second kappa shape index (κ2) is 6.58. The third kappa shape index (κ3) is 4.75. The van der Waals surface area contributed by atoms with Gasteiger partial charge in [0.05, 0.1) is 5.75 Å². The minimum atomic E-state index is -0.0892. The summed E-state index contributed by atoms with van der Waals surface area (Å²) in [6, 6.07) is 7.64. The topological polar surface area (TPSA) is 80.9 Å². The first-order valence-corrected chi connectivity index (χ1v) is 7.53. The van der Waals surface area contributed by atoms with Gasteiger partial charge in [0.2, 0.25) is 5.91 Å². The number of nitrogens with zero attached hydrogens (tertiary/aromatic N) is 2. The smallest absolute Gasteiger partial charge is 0.234 e. The fourth-order valence-electron chi connectivity index (χ4n) is 2.00. The molecule has 0 spiro atoms. The Balaban J connectivity index is 1.95. The molecule has 0 aliphatic carbocycles. The molecule has 0 aliphatic heterocycles. The van der Waals surface area contributed by atoms with Gasteiger partial charge in [0.25, 0.3) is 0 Å². The van der Waals surface area contributed by atoms with E-state index < -0.39 is 0 Å². The lowest BCUT2D eigenvalue weighted by molar-refractivity contribution is -0.113. The number of carbonyl (C=O) groups is 1. The van der Waals surface area contributed by atoms with Gasteiger partial charge in [0.1, 0.15) is 5.82 Å². The Kier molecular flexibility index (Phi) is 4.80. The quantitative estimate of drug-likeness (QED) is 0.670. The molecule has 0 atom stereocenters. The maximum atomic E-state index is 12.0. The lowest BCUT2D eigenvalue weighted by Crippen LogP contribution is -2.14. The fourth-order valence-corrected chi connectivity index (χ4v) is 2.71. The highest BCUT2D eigenvalue weighted by Gasteiger charge is 2.07. The number of benzene rings is 1. The Bertz CT molecular complexity index is 632. The Morgan fingerprint density at radius 3 is 2.43 bits per heavy atom. The second-order valence-corrected chi connectivity index (χ2v) is 5.87. The van der Waals surface area contributed by atoms with Gasteiger partial charge in [-0.3, -0.25) is 4.79 Å². The summed E-state index contributed by atoms with van der Waals surface area (Å²) in [7, 11) is 0. The van der Waals surface area contributed by atoms with Crippen LogP contribution < -0.4 is 11.1 Å². The molecular formula is C15H18N4OS. The molecule has 1 heterocycles. The molecule has 110 valence electrons. The molecule has 5 nitrogen and oxygen atoms in total. The lowest BCUT2D eigenvalue weighted by atomic mass is 10.1. The second-order valence-electron chi connectivity index (χ2n) is 4.93. The molecule has 6 heteroatoms. The van der Waals surface area contributed by atoms with E-state index in [9.17, 15) is 4.79 Å². The van der Waals surface area contributed by atoms with E-state index in [1.54, 1.807) is 6.07 Å². The molecule has 0 unspecified atom stereocenters. The van der Waals surface area contributed by atoms with Crippen molar-refractivity contribution in [3.63, 3.8) is 0 Å². The number of aryl methyl sites for hydroxylation is 3. The van der Waals surface area contributed by atoms with E-state index >= 15 is 0 Å². The molecule has 0 saturated heterocycles. The number of hydrogen-bond donors (Lipinski definition) is 2. The number of rotatable bonds is 4. The normalized spacial score (nSPS) is 10.4. The number of amides is 1. The molecule has 2 rings (SSSR count). The third-order valence-corrected chi connectivity index (χ3v) is 3.54. The van der Waals surface area contributed by atoms with Crippen molar-refractivity contribution in [2.45, 2.75) is 25.9 Å². The lowest BCUT2D eigenvalue weighted by Gasteiger charge is -2.07. The first-order chi connectivity index (χ1) is 9.92. The summed E-state index contributed by atoms with van der Waals surface area (Å²) in [5.41, 5.74) is 9.49. The summed E-state index contributed by atoms with van der Waals surface area (Å²) in [5.74, 6) is 0.573. The molecule has 1 aromatic heterocycles. The minimum absolute atomic E-state index is 0.0892. The number of carbonyl (C=O) groups excluding carboxylic acids is 1. The molecule has 2 aromatic rings. The van der Waals surface area contributed by atoms with Gasteiger partial charge in [0.15, 0.2) is 5.16 Å². The van der Waals surface area contributed by atoms with Crippen LogP contribution in [0.5, 0.6) is 0 Å². The predicted octanol–water partition coefficient (Wildman–Crippen LogP) is 2.71. The average Bonchev–Trinajstić information content (AvgIpc) is 2.34. The van der Waals surface area contributed by atoms with Crippen LogP contribution in [-0.4, -0.2) is 21.6 Å². The summed E-state index contributed by atoms with van der Waals surface area (Å²) < 4.78 is 0. The van der Waals surface area contributed by atoms with Gasteiger partial charge in [-0.05, 0) is 44.0 Å². The van der Waals surface area contributed by atoms with Crippen molar-refractivity contribution in [2.24, 2.45) is 0 Å². The van der Waals surface area contributed by atoms with Gasteiger partial charge in [-0.1, -0.05) is 17.8 Å². The molecule has 0 aliphatic rings. The number of nitrogens with one attached hydrogen (secondary N) is 1. The molecule has 0 saturated carbocycles. The zero-order valence-electron chi connectivity index (χ0n) is 12.3. The van der Waals surface area contributed by atoms with Crippen LogP contribution in [0.15, 0.2) is 29.4 Å².